The Morgan fingerprint density at radius 3 is 2.61 bits per heavy atom. The van der Waals surface area contributed by atoms with Gasteiger partial charge in [-0.2, -0.15) is 4.99 Å². The van der Waals surface area contributed by atoms with Gasteiger partial charge in [0, 0.05) is 35.5 Å². The maximum atomic E-state index is 13.2. The molecule has 1 aliphatic heterocycles. The molecule has 2 amide bonds. The van der Waals surface area contributed by atoms with E-state index >= 15 is 0 Å². The Morgan fingerprint density at radius 1 is 1.09 bits per heavy atom. The molecule has 12 heteroatoms. The first-order chi connectivity index (χ1) is 22.2. The zero-order chi connectivity index (χ0) is 32.3. The number of carbonyl (C=O) groups is 1. The molecule has 2 atom stereocenters. The Kier molecular flexibility index (Phi) is 9.34. The lowest BCUT2D eigenvalue weighted by molar-refractivity contribution is -0.274. The highest BCUT2D eigenvalue weighted by atomic mass is 32.2. The highest BCUT2D eigenvalue weighted by Gasteiger charge is 2.32. The van der Waals surface area contributed by atoms with Crippen molar-refractivity contribution in [3.63, 3.8) is 0 Å². The molecule has 2 aliphatic rings. The quantitative estimate of drug-likeness (QED) is 0.208. The van der Waals surface area contributed by atoms with Gasteiger partial charge in [-0.3, -0.25) is 0 Å². The minimum absolute atomic E-state index is 0.0150. The molecule has 6 rings (SSSR count). The van der Waals surface area contributed by atoms with E-state index in [2.05, 4.69) is 62.1 Å². The standard InChI is InChI=1S/C34H35F3N6O2S/c1-3-5-24-9-8-22(2)20-30(24)42-18-19-46-33(42)40-32(44)39-29-7-4-6-28(29)23-10-12-25(13-11-23)31-38-21-43(41-31)26-14-16-27(17-15-26)45-34(35,36)37/h8-17,20-21,28-29H,3-7,18-19H2,1-2H3,(H,39,44). The van der Waals surface area contributed by atoms with Crippen molar-refractivity contribution in [1.29, 1.82) is 0 Å². The van der Waals surface area contributed by atoms with Crippen LogP contribution in [0.5, 0.6) is 5.75 Å². The van der Waals surface area contributed by atoms with Crippen LogP contribution < -0.4 is 15.0 Å². The zero-order valence-electron chi connectivity index (χ0n) is 25.6. The maximum absolute atomic E-state index is 13.2. The highest BCUT2D eigenvalue weighted by molar-refractivity contribution is 8.14. The second kappa shape index (κ2) is 13.6. The monoisotopic (exact) mass is 648 g/mol. The lowest BCUT2D eigenvalue weighted by atomic mass is 9.93. The van der Waals surface area contributed by atoms with Gasteiger partial charge in [-0.1, -0.05) is 67.9 Å². The van der Waals surface area contributed by atoms with Gasteiger partial charge in [0.05, 0.1) is 5.69 Å². The fraction of sp³-hybridized carbons (Fsp3) is 0.353. The molecule has 2 unspecified atom stereocenters. The summed E-state index contributed by atoms with van der Waals surface area (Å²) < 4.78 is 42.8. The Bertz CT molecular complexity index is 1710. The van der Waals surface area contributed by atoms with E-state index in [0.717, 1.165) is 66.4 Å². The van der Waals surface area contributed by atoms with E-state index in [1.807, 2.05) is 24.3 Å². The molecule has 1 saturated carbocycles. The number of amidine groups is 1. The lowest BCUT2D eigenvalue weighted by Crippen LogP contribution is -2.36. The first-order valence-electron chi connectivity index (χ1n) is 15.4. The first kappa shape index (κ1) is 31.7. The smallest absolute Gasteiger partial charge is 0.406 e. The summed E-state index contributed by atoms with van der Waals surface area (Å²) in [5.74, 6) is 1.24. The van der Waals surface area contributed by atoms with Crippen LogP contribution in [-0.2, 0) is 6.42 Å². The molecule has 4 aromatic rings. The Hall–Kier alpha value is -4.32. The van der Waals surface area contributed by atoms with Crippen molar-refractivity contribution in [3.05, 3.63) is 89.7 Å². The third kappa shape index (κ3) is 7.38. The molecule has 1 saturated heterocycles. The van der Waals surface area contributed by atoms with Crippen molar-refractivity contribution in [2.45, 2.75) is 64.3 Å². The number of aromatic nitrogens is 3. The minimum Gasteiger partial charge on any atom is -0.406 e. The Morgan fingerprint density at radius 2 is 1.87 bits per heavy atom. The van der Waals surface area contributed by atoms with Crippen molar-refractivity contribution in [3.8, 4) is 22.8 Å². The summed E-state index contributed by atoms with van der Waals surface area (Å²) in [6.45, 7) is 5.09. The van der Waals surface area contributed by atoms with Crippen LogP contribution in [0.4, 0.5) is 23.7 Å². The Labute approximate surface area is 270 Å². The molecule has 0 bridgehead atoms. The van der Waals surface area contributed by atoms with Gasteiger partial charge in [-0.25, -0.2) is 14.5 Å². The molecule has 8 nitrogen and oxygen atoms in total. The average molecular weight is 649 g/mol. The fourth-order valence-corrected chi connectivity index (χ4v) is 7.08. The molecular formula is C34H35F3N6O2S. The molecule has 1 aliphatic carbocycles. The maximum Gasteiger partial charge on any atom is 0.573 e. The number of anilines is 1. The highest BCUT2D eigenvalue weighted by Crippen LogP contribution is 2.36. The largest absolute Gasteiger partial charge is 0.573 e. The molecule has 0 spiro atoms. The van der Waals surface area contributed by atoms with Crippen LogP contribution in [0.1, 0.15) is 55.2 Å². The van der Waals surface area contributed by atoms with Crippen molar-refractivity contribution in [2.75, 3.05) is 17.2 Å². The van der Waals surface area contributed by atoms with E-state index in [1.165, 1.54) is 46.4 Å². The molecule has 2 heterocycles. The van der Waals surface area contributed by atoms with Crippen LogP contribution in [0.15, 0.2) is 78.0 Å². The number of hydrogen-bond donors (Lipinski definition) is 1. The van der Waals surface area contributed by atoms with E-state index in [4.69, 9.17) is 0 Å². The number of nitrogens with zero attached hydrogens (tertiary/aromatic N) is 5. The van der Waals surface area contributed by atoms with Crippen LogP contribution in [-0.4, -0.2) is 50.7 Å². The molecule has 240 valence electrons. The molecule has 2 fully saturated rings. The van der Waals surface area contributed by atoms with Crippen LogP contribution in [0, 0.1) is 6.92 Å². The number of carbonyl (C=O) groups excluding carboxylic acids is 1. The van der Waals surface area contributed by atoms with Crippen LogP contribution >= 0.6 is 11.8 Å². The number of amides is 2. The molecular weight excluding hydrogens is 613 g/mol. The summed E-state index contributed by atoms with van der Waals surface area (Å²) in [7, 11) is 0. The van der Waals surface area contributed by atoms with E-state index in [9.17, 15) is 18.0 Å². The molecule has 1 N–H and O–H groups in total. The fourth-order valence-electron chi connectivity index (χ4n) is 6.13. The number of rotatable bonds is 8. The number of ether oxygens (including phenoxy) is 1. The second-order valence-electron chi connectivity index (χ2n) is 11.5. The normalized spacial score (nSPS) is 19.2. The zero-order valence-corrected chi connectivity index (χ0v) is 26.4. The van der Waals surface area contributed by atoms with Gasteiger partial charge in [-0.15, -0.1) is 18.3 Å². The van der Waals surface area contributed by atoms with Crippen LogP contribution in [0.3, 0.4) is 0 Å². The van der Waals surface area contributed by atoms with Gasteiger partial charge < -0.3 is 15.0 Å². The number of benzene rings is 3. The predicted octanol–water partition coefficient (Wildman–Crippen LogP) is 8.05. The summed E-state index contributed by atoms with van der Waals surface area (Å²) in [4.78, 5) is 24.3. The summed E-state index contributed by atoms with van der Waals surface area (Å²) in [5.41, 5.74) is 6.09. The summed E-state index contributed by atoms with van der Waals surface area (Å²) in [6.07, 6.45) is 1.66. The lowest BCUT2D eigenvalue weighted by Gasteiger charge is -2.23. The van der Waals surface area contributed by atoms with Crippen LogP contribution in [0.2, 0.25) is 0 Å². The van der Waals surface area contributed by atoms with Gasteiger partial charge >= 0.3 is 12.4 Å². The van der Waals surface area contributed by atoms with Crippen molar-refractivity contribution in [2.24, 2.45) is 4.99 Å². The van der Waals surface area contributed by atoms with E-state index in [-0.39, 0.29) is 23.7 Å². The number of thioether (sulfide) groups is 1. The van der Waals surface area contributed by atoms with Gasteiger partial charge in [0.2, 0.25) is 0 Å². The first-order valence-corrected chi connectivity index (χ1v) is 16.4. The van der Waals surface area contributed by atoms with E-state index in [0.29, 0.717) is 11.5 Å². The third-order valence-corrected chi connectivity index (χ3v) is 9.23. The molecule has 46 heavy (non-hydrogen) atoms. The molecule has 3 aromatic carbocycles. The van der Waals surface area contributed by atoms with Crippen molar-refractivity contribution < 1.29 is 22.7 Å². The topological polar surface area (TPSA) is 84.6 Å². The van der Waals surface area contributed by atoms with Gasteiger partial charge in [0.1, 0.15) is 12.1 Å². The SMILES string of the molecule is CCCc1ccc(C)cc1N1CCSC1=NC(=O)NC1CCCC1c1ccc(-c2ncn(-c3ccc(OC(F)(F)F)cc3)n2)cc1. The number of hydrogen-bond acceptors (Lipinski definition) is 5. The number of urea groups is 1. The third-order valence-electron chi connectivity index (χ3n) is 8.27. The number of alkyl halides is 3. The number of aryl methyl sites for hydroxylation is 2. The minimum atomic E-state index is -4.75. The van der Waals surface area contributed by atoms with E-state index < -0.39 is 6.36 Å². The predicted molar refractivity (Wildman–Crippen MR) is 175 cm³/mol. The van der Waals surface area contributed by atoms with Crippen molar-refractivity contribution >= 4 is 28.6 Å². The van der Waals surface area contributed by atoms with Gasteiger partial charge in [0.15, 0.2) is 11.0 Å². The summed E-state index contributed by atoms with van der Waals surface area (Å²) >= 11 is 1.62. The van der Waals surface area contributed by atoms with Gasteiger partial charge in [0.25, 0.3) is 0 Å². The number of aliphatic imine (C=N–C) groups is 1. The summed E-state index contributed by atoms with van der Waals surface area (Å²) in [6, 6.07) is 19.6. The number of halogens is 3. The van der Waals surface area contributed by atoms with E-state index in [1.54, 1.807) is 11.8 Å². The number of nitrogens with one attached hydrogen (secondary N) is 1. The van der Waals surface area contributed by atoms with Crippen LogP contribution in [0.25, 0.3) is 17.1 Å². The van der Waals surface area contributed by atoms with Gasteiger partial charge in [-0.05, 0) is 73.2 Å². The molecule has 1 aromatic heterocycles. The summed E-state index contributed by atoms with van der Waals surface area (Å²) in [5, 5.41) is 8.44. The second-order valence-corrected chi connectivity index (χ2v) is 12.6. The molecule has 0 radical (unpaired) electrons. The van der Waals surface area contributed by atoms with Crippen molar-refractivity contribution in [1.82, 2.24) is 20.1 Å². The Balaban J connectivity index is 1.11. The average Bonchev–Trinajstić information content (AvgIpc) is 3.80.